The van der Waals surface area contributed by atoms with E-state index in [0.717, 1.165) is 0 Å². The second kappa shape index (κ2) is 11.9. The minimum absolute atomic E-state index is 0.0765. The van der Waals surface area contributed by atoms with Gasteiger partial charge in [-0.2, -0.15) is 0 Å². The van der Waals surface area contributed by atoms with Crippen molar-refractivity contribution in [2.24, 2.45) is 16.3 Å². The van der Waals surface area contributed by atoms with Gasteiger partial charge in [-0.05, 0) is 26.8 Å². The van der Waals surface area contributed by atoms with E-state index in [4.69, 9.17) is 21.3 Å². The van der Waals surface area contributed by atoms with E-state index in [-0.39, 0.29) is 61.9 Å². The second-order valence-corrected chi connectivity index (χ2v) is 12.8. The number of nitrogens with zero attached hydrogens (tertiary/aromatic N) is 4. The molecule has 0 saturated carbocycles. The first-order valence-corrected chi connectivity index (χ1v) is 15.1. The lowest BCUT2D eigenvalue weighted by molar-refractivity contribution is -0.150. The Kier molecular flexibility index (Phi) is 8.61. The van der Waals surface area contributed by atoms with E-state index in [1.807, 2.05) is 4.90 Å². The zero-order valence-electron chi connectivity index (χ0n) is 23.9. The van der Waals surface area contributed by atoms with Crippen LogP contribution in [-0.4, -0.2) is 88.6 Å². The molecule has 4 heterocycles. The zero-order chi connectivity index (χ0) is 31.1. The van der Waals surface area contributed by atoms with E-state index in [1.54, 1.807) is 24.6 Å². The Bertz CT molecular complexity index is 1500. The third-order valence-electron chi connectivity index (χ3n) is 8.08. The van der Waals surface area contributed by atoms with Crippen molar-refractivity contribution in [1.82, 2.24) is 20.1 Å². The van der Waals surface area contributed by atoms with Gasteiger partial charge in [0, 0.05) is 67.9 Å². The third-order valence-corrected chi connectivity index (χ3v) is 9.26. The molecule has 0 aliphatic carbocycles. The number of amidine groups is 1. The predicted molar refractivity (Wildman–Crippen MR) is 156 cm³/mol. The van der Waals surface area contributed by atoms with Crippen molar-refractivity contribution in [2.45, 2.75) is 38.9 Å². The monoisotopic (exact) mass is 635 g/mol. The number of amides is 1. The first-order chi connectivity index (χ1) is 20.4. The van der Waals surface area contributed by atoms with Crippen LogP contribution < -0.4 is 5.32 Å². The molecule has 2 aromatic rings. The van der Waals surface area contributed by atoms with Crippen LogP contribution in [0.2, 0.25) is 5.02 Å². The van der Waals surface area contributed by atoms with Crippen molar-refractivity contribution in [3.8, 4) is 0 Å². The molecular formula is C29H32ClF2N5O5S. The molecular weight excluding hydrogens is 604 g/mol. The zero-order valence-corrected chi connectivity index (χ0v) is 25.5. The van der Waals surface area contributed by atoms with Crippen LogP contribution in [0.25, 0.3) is 0 Å². The van der Waals surface area contributed by atoms with Crippen molar-refractivity contribution in [2.75, 3.05) is 39.3 Å². The Morgan fingerprint density at radius 2 is 2.09 bits per heavy atom. The number of carboxylic acids is 1. The van der Waals surface area contributed by atoms with Crippen molar-refractivity contribution < 1.29 is 33.0 Å². The maximum Gasteiger partial charge on any atom is 0.338 e. The Balaban J connectivity index is 1.48. The number of rotatable bonds is 9. The van der Waals surface area contributed by atoms with Gasteiger partial charge < -0.3 is 20.1 Å². The highest BCUT2D eigenvalue weighted by Crippen LogP contribution is 2.42. The largest absolute Gasteiger partial charge is 0.481 e. The number of hydrogen-bond acceptors (Lipinski definition) is 9. The molecule has 10 nitrogen and oxygen atoms in total. The summed E-state index contributed by atoms with van der Waals surface area (Å²) in [5.74, 6) is -3.42. The van der Waals surface area contributed by atoms with E-state index in [0.29, 0.717) is 16.5 Å². The van der Waals surface area contributed by atoms with Crippen LogP contribution >= 0.6 is 22.9 Å². The molecule has 2 N–H and O–H groups in total. The Morgan fingerprint density at radius 3 is 2.77 bits per heavy atom. The smallest absolute Gasteiger partial charge is 0.338 e. The fourth-order valence-electron chi connectivity index (χ4n) is 5.79. The average Bonchev–Trinajstić information content (AvgIpc) is 3.57. The quantitative estimate of drug-likeness (QED) is 0.399. The third kappa shape index (κ3) is 5.89. The number of alkyl halides is 1. The minimum atomic E-state index is -2.10. The lowest BCUT2D eigenvalue weighted by Gasteiger charge is -2.38. The number of ether oxygens (including phenoxy) is 1. The van der Waals surface area contributed by atoms with E-state index >= 15 is 4.39 Å². The van der Waals surface area contributed by atoms with Crippen LogP contribution in [0.15, 0.2) is 46.0 Å². The first kappa shape index (κ1) is 31.0. The van der Waals surface area contributed by atoms with Crippen molar-refractivity contribution in [1.29, 1.82) is 0 Å². The normalized spacial score (nSPS) is 24.5. The topological polar surface area (TPSA) is 124 Å². The van der Waals surface area contributed by atoms with Gasteiger partial charge in [-0.25, -0.2) is 18.6 Å². The summed E-state index contributed by atoms with van der Waals surface area (Å²) in [4.78, 5) is 50.5. The molecule has 1 amide bonds. The lowest BCUT2D eigenvalue weighted by Crippen LogP contribution is -2.52. The number of carbonyl (C=O) groups is 3. The minimum Gasteiger partial charge on any atom is -0.481 e. The molecule has 230 valence electrons. The number of hydrogen-bond donors (Lipinski definition) is 2. The number of esters is 1. The van der Waals surface area contributed by atoms with Gasteiger partial charge >= 0.3 is 11.9 Å². The molecule has 3 aliphatic rings. The fraction of sp³-hybridized carbons (Fsp3) is 0.483. The molecule has 0 spiro atoms. The number of likely N-dealkylation sites (tertiary alicyclic amines) is 2. The molecule has 0 unspecified atom stereocenters. The number of carboxylic acid groups (broad SMARTS) is 1. The van der Waals surface area contributed by atoms with Gasteiger partial charge in [0.1, 0.15) is 11.9 Å². The average molecular weight is 636 g/mol. The van der Waals surface area contributed by atoms with E-state index in [2.05, 4.69) is 10.3 Å². The maximum atomic E-state index is 16.1. The summed E-state index contributed by atoms with van der Waals surface area (Å²) in [6, 6.07) is 3.29. The molecule has 0 radical (unpaired) electrons. The van der Waals surface area contributed by atoms with Gasteiger partial charge in [0.25, 0.3) is 5.91 Å². The first-order valence-electron chi connectivity index (χ1n) is 13.9. The molecule has 3 atom stereocenters. The number of nitrogens with one attached hydrogen (secondary N) is 1. The van der Waals surface area contributed by atoms with Crippen LogP contribution in [0.3, 0.4) is 0 Å². The number of aliphatic imine (C=N–C) groups is 1. The molecule has 1 aromatic carbocycles. The number of aliphatic carboxylic acids is 1. The summed E-state index contributed by atoms with van der Waals surface area (Å²) in [6.07, 6.45) is 1.52. The van der Waals surface area contributed by atoms with Gasteiger partial charge in [0.15, 0.2) is 16.5 Å². The predicted octanol–water partition coefficient (Wildman–Crippen LogP) is 3.83. The van der Waals surface area contributed by atoms with Crippen LogP contribution in [0.4, 0.5) is 8.78 Å². The Morgan fingerprint density at radius 1 is 1.33 bits per heavy atom. The van der Waals surface area contributed by atoms with Gasteiger partial charge in [-0.15, -0.1) is 11.3 Å². The molecule has 5 rings (SSSR count). The number of fused-ring (bicyclic) bond motifs is 1. The van der Waals surface area contributed by atoms with Gasteiger partial charge in [0.05, 0.1) is 22.6 Å². The van der Waals surface area contributed by atoms with Gasteiger partial charge in [0.2, 0.25) is 0 Å². The van der Waals surface area contributed by atoms with Gasteiger partial charge in [-0.3, -0.25) is 19.5 Å². The van der Waals surface area contributed by atoms with E-state index in [1.165, 1.54) is 42.2 Å². The van der Waals surface area contributed by atoms with Crippen LogP contribution in [0.5, 0.6) is 0 Å². The number of carbonyl (C=O) groups excluding carboxylic acids is 2. The summed E-state index contributed by atoms with van der Waals surface area (Å²) in [5.41, 5.74) is -2.50. The summed E-state index contributed by atoms with van der Waals surface area (Å²) in [7, 11) is 0. The molecule has 2 saturated heterocycles. The highest BCUT2D eigenvalue weighted by molar-refractivity contribution is 7.11. The number of thiazole rings is 1. The Labute approximate surface area is 256 Å². The van der Waals surface area contributed by atoms with Crippen molar-refractivity contribution >= 4 is 46.6 Å². The maximum absolute atomic E-state index is 16.1. The standard InChI is InChI=1S/C29H32ClF2N5O5S/c1-4-42-25(38)20-19(34-23(24-33-9-11-43-24)35-22(20)17-6-5-7-18(31)21(17)30)14-36-10-8-29(32)16(12-36)13-37(26(29)39)15-28(2,3)27(40)41/h5-7,9,11,16,22H,4,8,10,12-15H2,1-3H3,(H,34,35)(H,40,41)/t16-,22-,29+/m0/s1. The van der Waals surface area contributed by atoms with Crippen LogP contribution in [0.1, 0.15) is 43.8 Å². The SMILES string of the molecule is CCOC(=O)C1=C(CN2CC[C@]3(F)C(=O)N(CC(C)(C)C(=O)O)C[C@@H]3C2)NC(c2nccs2)=N[C@H]1c1cccc(F)c1Cl. The van der Waals surface area contributed by atoms with E-state index < -0.39 is 46.7 Å². The van der Waals surface area contributed by atoms with Crippen LogP contribution in [-0.2, 0) is 19.1 Å². The summed E-state index contributed by atoms with van der Waals surface area (Å²) >= 11 is 7.70. The summed E-state index contributed by atoms with van der Waals surface area (Å²) in [5, 5.41) is 14.9. The second-order valence-electron chi connectivity index (χ2n) is 11.5. The molecule has 2 fully saturated rings. The summed E-state index contributed by atoms with van der Waals surface area (Å²) < 4.78 is 36.1. The molecule has 1 aromatic heterocycles. The highest BCUT2D eigenvalue weighted by atomic mass is 35.5. The lowest BCUT2D eigenvalue weighted by atomic mass is 9.84. The Hall–Kier alpha value is -3.42. The molecule has 0 bridgehead atoms. The van der Waals surface area contributed by atoms with Crippen LogP contribution in [0, 0.1) is 17.2 Å². The van der Waals surface area contributed by atoms with Crippen molar-refractivity contribution in [3.05, 3.63) is 62.5 Å². The fourth-order valence-corrected chi connectivity index (χ4v) is 6.61. The number of aromatic nitrogens is 1. The molecule has 3 aliphatic heterocycles. The van der Waals surface area contributed by atoms with Gasteiger partial charge in [-0.1, -0.05) is 23.7 Å². The molecule has 43 heavy (non-hydrogen) atoms. The van der Waals surface area contributed by atoms with Crippen molar-refractivity contribution in [3.63, 3.8) is 0 Å². The number of benzene rings is 1. The number of piperidine rings is 1. The van der Waals surface area contributed by atoms with E-state index in [9.17, 15) is 23.9 Å². The summed E-state index contributed by atoms with van der Waals surface area (Å²) in [6.45, 7) is 5.26. The molecule has 14 heteroatoms. The highest BCUT2D eigenvalue weighted by Gasteiger charge is 2.58. The number of halogens is 3.